The van der Waals surface area contributed by atoms with Gasteiger partial charge in [0.2, 0.25) is 0 Å². The predicted octanol–water partition coefficient (Wildman–Crippen LogP) is 15.8. The lowest BCUT2D eigenvalue weighted by Gasteiger charge is -2.26. The fourth-order valence-electron chi connectivity index (χ4n) is 8.13. The number of azide groups is 1. The molecule has 0 radical (unpaired) electrons. The van der Waals surface area contributed by atoms with Gasteiger partial charge in [0.1, 0.15) is 0 Å². The lowest BCUT2D eigenvalue weighted by Crippen LogP contribution is -2.16. The fraction of sp³-hybridized carbons (Fsp3) is 0.296. The predicted molar refractivity (Wildman–Crippen MR) is 259 cm³/mol. The van der Waals surface area contributed by atoms with E-state index in [4.69, 9.17) is 9.97 Å². The Morgan fingerprint density at radius 1 is 0.426 bits per heavy atom. The summed E-state index contributed by atoms with van der Waals surface area (Å²) in [5.74, 6) is 0. The number of rotatable bonds is 4. The first-order chi connectivity index (χ1) is 28.7. The Bertz CT molecular complexity index is 2850. The Labute approximate surface area is 360 Å². The molecule has 61 heavy (non-hydrogen) atoms. The van der Waals surface area contributed by atoms with Gasteiger partial charge in [0.25, 0.3) is 0 Å². The SMILES string of the molecule is CC(C)(C)c1cc(-c2c3nc(c(-c4ccccc4)c4ccc([nH]4)c(-c4cc(C(C)(C)C)cc(C(C)(C)C)c4)c4nc(c(N=[N+]=[N-])c5ccc2[nH]5)C=C4)C=C3)cc(C(C)(C)C)c1. The van der Waals surface area contributed by atoms with Crippen LogP contribution in [0.3, 0.4) is 0 Å². The molecule has 0 saturated heterocycles. The number of benzene rings is 3. The zero-order chi connectivity index (χ0) is 43.6. The zero-order valence-corrected chi connectivity index (χ0v) is 37.7. The number of hydrogen-bond acceptors (Lipinski definition) is 3. The molecule has 0 atom stereocenters. The Hall–Kier alpha value is -6.43. The van der Waals surface area contributed by atoms with Crippen LogP contribution in [0.5, 0.6) is 0 Å². The molecule has 3 aromatic heterocycles. The number of nitrogens with one attached hydrogen (secondary N) is 2. The second-order valence-electron chi connectivity index (χ2n) is 20.6. The van der Waals surface area contributed by atoms with Crippen LogP contribution in [0.15, 0.2) is 96.1 Å². The minimum atomic E-state index is -0.0954. The van der Waals surface area contributed by atoms with Gasteiger partial charge in [-0.3, -0.25) is 0 Å². The summed E-state index contributed by atoms with van der Waals surface area (Å²) in [6.45, 7) is 27.1. The summed E-state index contributed by atoms with van der Waals surface area (Å²) in [4.78, 5) is 21.7. The minimum absolute atomic E-state index is 0.0954. The summed E-state index contributed by atoms with van der Waals surface area (Å²) >= 11 is 0. The molecular weight excluding hydrogens is 747 g/mol. The Kier molecular flexibility index (Phi) is 10.1. The average Bonchev–Trinajstić information content (AvgIpc) is 4.03. The lowest BCUT2D eigenvalue weighted by atomic mass is 9.78. The van der Waals surface area contributed by atoms with E-state index in [-0.39, 0.29) is 21.7 Å². The highest BCUT2D eigenvalue weighted by molar-refractivity contribution is 5.99. The quantitative estimate of drug-likeness (QED) is 0.105. The van der Waals surface area contributed by atoms with Gasteiger partial charge < -0.3 is 9.97 Å². The molecule has 8 rings (SSSR count). The molecular formula is C54H57N7. The van der Waals surface area contributed by atoms with Crippen molar-refractivity contribution in [2.75, 3.05) is 0 Å². The highest BCUT2D eigenvalue weighted by Crippen LogP contribution is 2.42. The van der Waals surface area contributed by atoms with Gasteiger partial charge in [-0.25, -0.2) is 9.97 Å². The molecule has 8 bridgehead atoms. The standard InChI is InChI=1S/C54H57N7/c1-51(2,3)35-26-33(27-36(30-35)52(4,5)6)48-41-20-18-39(56-41)47(32-16-14-13-15-17-32)40-19-21-42(57-40)49(34-28-37(53(7,8)9)31-38(29-34)54(10,11)12)44-23-25-46(59-44)50(60-61-55)45-24-22-43(48)58-45/h13-31,56,59H,1-12H3. The maximum Gasteiger partial charge on any atom is 0.0867 e. The largest absolute Gasteiger partial charge is 0.355 e. The summed E-state index contributed by atoms with van der Waals surface area (Å²) in [7, 11) is 0. The van der Waals surface area contributed by atoms with Crippen LogP contribution in [-0.2, 0) is 21.7 Å². The number of fused-ring (bicyclic) bond motifs is 8. The van der Waals surface area contributed by atoms with Crippen molar-refractivity contribution >= 4 is 52.1 Å². The Morgan fingerprint density at radius 3 is 1.16 bits per heavy atom. The normalized spacial score (nSPS) is 13.1. The molecule has 2 N–H and O–H groups in total. The van der Waals surface area contributed by atoms with E-state index in [1.54, 1.807) is 0 Å². The second kappa shape index (κ2) is 14.9. The van der Waals surface area contributed by atoms with Crippen molar-refractivity contribution in [3.8, 4) is 33.4 Å². The molecule has 2 aliphatic rings. The molecule has 308 valence electrons. The molecule has 0 aliphatic carbocycles. The lowest BCUT2D eigenvalue weighted by molar-refractivity contribution is 0.568. The molecule has 0 spiro atoms. The first kappa shape index (κ1) is 41.3. The van der Waals surface area contributed by atoms with Crippen molar-refractivity contribution in [2.45, 2.75) is 105 Å². The molecule has 0 fully saturated rings. The van der Waals surface area contributed by atoms with E-state index in [9.17, 15) is 5.53 Å². The Morgan fingerprint density at radius 2 is 0.770 bits per heavy atom. The van der Waals surface area contributed by atoms with Crippen LogP contribution in [0.2, 0.25) is 0 Å². The smallest absolute Gasteiger partial charge is 0.0867 e. The van der Waals surface area contributed by atoms with E-state index in [2.05, 4.69) is 200 Å². The molecule has 3 aromatic carbocycles. The van der Waals surface area contributed by atoms with E-state index >= 15 is 0 Å². The topological polar surface area (TPSA) is 106 Å². The third kappa shape index (κ3) is 8.11. The second-order valence-corrected chi connectivity index (χ2v) is 20.6. The Balaban J connectivity index is 1.57. The van der Waals surface area contributed by atoms with Crippen LogP contribution in [0.1, 0.15) is 128 Å². The van der Waals surface area contributed by atoms with E-state index in [1.165, 1.54) is 22.3 Å². The minimum Gasteiger partial charge on any atom is -0.355 e. The summed E-state index contributed by atoms with van der Waals surface area (Å²) < 4.78 is 0. The molecule has 0 saturated carbocycles. The molecule has 6 aromatic rings. The van der Waals surface area contributed by atoms with Gasteiger partial charge in [0, 0.05) is 38.2 Å². The monoisotopic (exact) mass is 803 g/mol. The van der Waals surface area contributed by atoms with Crippen molar-refractivity contribution in [1.82, 2.24) is 19.9 Å². The van der Waals surface area contributed by atoms with Gasteiger partial charge in [-0.2, -0.15) is 0 Å². The third-order valence-corrected chi connectivity index (χ3v) is 11.8. The van der Waals surface area contributed by atoms with Crippen molar-refractivity contribution in [1.29, 1.82) is 0 Å². The fourth-order valence-corrected chi connectivity index (χ4v) is 8.13. The summed E-state index contributed by atoms with van der Waals surface area (Å²) in [5.41, 5.74) is 27.6. The first-order valence-corrected chi connectivity index (χ1v) is 21.3. The first-order valence-electron chi connectivity index (χ1n) is 21.3. The maximum atomic E-state index is 10.00. The van der Waals surface area contributed by atoms with Crippen LogP contribution < -0.4 is 0 Å². The molecule has 7 nitrogen and oxygen atoms in total. The number of hydrogen-bond donors (Lipinski definition) is 2. The van der Waals surface area contributed by atoms with Crippen molar-refractivity contribution in [3.63, 3.8) is 0 Å². The summed E-state index contributed by atoms with van der Waals surface area (Å²) in [6, 6.07) is 32.8. The highest BCUT2D eigenvalue weighted by Gasteiger charge is 2.25. The molecule has 0 amide bonds. The summed E-state index contributed by atoms with van der Waals surface area (Å²) in [6.07, 6.45) is 8.26. The average molecular weight is 804 g/mol. The van der Waals surface area contributed by atoms with E-state index < -0.39 is 0 Å². The van der Waals surface area contributed by atoms with E-state index in [0.29, 0.717) is 16.9 Å². The van der Waals surface area contributed by atoms with Gasteiger partial charge in [-0.1, -0.05) is 155 Å². The zero-order valence-electron chi connectivity index (χ0n) is 37.7. The summed E-state index contributed by atoms with van der Waals surface area (Å²) in [5, 5.41) is 4.29. The number of nitrogens with zero attached hydrogens (tertiary/aromatic N) is 5. The molecule has 5 heterocycles. The van der Waals surface area contributed by atoms with E-state index in [0.717, 1.165) is 67.0 Å². The van der Waals surface area contributed by atoms with Crippen LogP contribution in [0.4, 0.5) is 5.69 Å². The van der Waals surface area contributed by atoms with Crippen molar-refractivity contribution in [3.05, 3.63) is 146 Å². The molecule has 7 heteroatoms. The van der Waals surface area contributed by atoms with Crippen molar-refractivity contribution in [2.24, 2.45) is 5.11 Å². The highest BCUT2D eigenvalue weighted by atomic mass is 15.1. The molecule has 2 aliphatic heterocycles. The van der Waals surface area contributed by atoms with Crippen LogP contribution >= 0.6 is 0 Å². The van der Waals surface area contributed by atoms with Gasteiger partial charge in [0.15, 0.2) is 0 Å². The van der Waals surface area contributed by atoms with Crippen molar-refractivity contribution < 1.29 is 0 Å². The number of aromatic nitrogens is 4. The number of H-pyrrole nitrogens is 2. The van der Waals surface area contributed by atoms with Gasteiger partial charge in [-0.15, -0.1) is 0 Å². The van der Waals surface area contributed by atoms with Crippen LogP contribution in [0, 0.1) is 0 Å². The van der Waals surface area contributed by atoms with Gasteiger partial charge in [-0.05, 0) is 115 Å². The third-order valence-electron chi connectivity index (χ3n) is 11.8. The molecule has 0 unspecified atom stereocenters. The van der Waals surface area contributed by atoms with Crippen LogP contribution in [0.25, 0.3) is 90.2 Å². The van der Waals surface area contributed by atoms with Crippen LogP contribution in [-0.4, -0.2) is 19.9 Å². The van der Waals surface area contributed by atoms with E-state index in [1.807, 2.05) is 18.2 Å². The van der Waals surface area contributed by atoms with Gasteiger partial charge >= 0.3 is 0 Å². The maximum absolute atomic E-state index is 10.00. The van der Waals surface area contributed by atoms with Gasteiger partial charge in [0.05, 0.1) is 34.0 Å². The number of aromatic amines is 2.